The summed E-state index contributed by atoms with van der Waals surface area (Å²) in [6.45, 7) is 2.04. The molecule has 0 aliphatic heterocycles. The van der Waals surface area contributed by atoms with Gasteiger partial charge in [0, 0.05) is 38.8 Å². The van der Waals surface area contributed by atoms with E-state index in [-0.39, 0.29) is 11.7 Å². The molecule has 1 N–H and O–H groups in total. The van der Waals surface area contributed by atoms with E-state index in [9.17, 15) is 4.79 Å². The molecule has 37 heavy (non-hydrogen) atoms. The number of carbonyl (C=O) groups is 1. The molecule has 0 aliphatic carbocycles. The number of benzene rings is 3. The first-order valence-corrected chi connectivity index (χ1v) is 13.9. The Labute approximate surface area is 232 Å². The summed E-state index contributed by atoms with van der Waals surface area (Å²) in [7, 11) is 0. The first kappa shape index (κ1) is 25.5. The molecule has 0 atom stereocenters. The number of nitrogens with zero attached hydrogens (tertiary/aromatic N) is 4. The maximum atomic E-state index is 12.8. The molecule has 0 bridgehead atoms. The minimum atomic E-state index is -0.179. The van der Waals surface area contributed by atoms with Crippen molar-refractivity contribution in [3.05, 3.63) is 105 Å². The molecule has 186 valence electrons. The monoisotopic (exact) mass is 565 g/mol. The average Bonchev–Trinajstić information content (AvgIpc) is 3.53. The van der Waals surface area contributed by atoms with Crippen LogP contribution in [0.5, 0.6) is 0 Å². The Morgan fingerprint density at radius 2 is 1.70 bits per heavy atom. The summed E-state index contributed by atoms with van der Waals surface area (Å²) in [5, 5.41) is 14.1. The van der Waals surface area contributed by atoms with Crippen molar-refractivity contribution in [1.29, 1.82) is 0 Å². The van der Waals surface area contributed by atoms with Gasteiger partial charge in [0.1, 0.15) is 0 Å². The summed E-state index contributed by atoms with van der Waals surface area (Å²) >= 11 is 15.3. The summed E-state index contributed by atoms with van der Waals surface area (Å²) in [6, 6.07) is 23.4. The van der Waals surface area contributed by atoms with Crippen LogP contribution in [0.25, 0.3) is 17.1 Å². The number of hydrogen-bond donors (Lipinski definition) is 1. The Hall–Kier alpha value is -3.17. The van der Waals surface area contributed by atoms with Crippen molar-refractivity contribution in [2.75, 3.05) is 11.1 Å². The van der Waals surface area contributed by atoms with Gasteiger partial charge >= 0.3 is 0 Å². The van der Waals surface area contributed by atoms with Gasteiger partial charge in [-0.15, -0.1) is 21.5 Å². The third-order valence-electron chi connectivity index (χ3n) is 5.50. The molecule has 6 nitrogen and oxygen atoms in total. The highest BCUT2D eigenvalue weighted by Crippen LogP contribution is 2.31. The molecule has 5 rings (SSSR count). The summed E-state index contributed by atoms with van der Waals surface area (Å²) < 4.78 is 1.97. The van der Waals surface area contributed by atoms with E-state index in [2.05, 4.69) is 20.5 Å². The van der Waals surface area contributed by atoms with Gasteiger partial charge in [0.25, 0.3) is 0 Å². The Bertz CT molecular complexity index is 1510. The van der Waals surface area contributed by atoms with E-state index in [1.54, 1.807) is 6.20 Å². The lowest BCUT2D eigenvalue weighted by atomic mass is 10.1. The van der Waals surface area contributed by atoms with Gasteiger partial charge in [0.15, 0.2) is 16.1 Å². The van der Waals surface area contributed by atoms with Crippen LogP contribution in [0.2, 0.25) is 10.0 Å². The maximum absolute atomic E-state index is 12.8. The zero-order chi connectivity index (χ0) is 25.8. The summed E-state index contributed by atoms with van der Waals surface area (Å²) in [5.74, 6) is 0.695. The van der Waals surface area contributed by atoms with Gasteiger partial charge in [0.2, 0.25) is 5.91 Å². The smallest absolute Gasteiger partial charge is 0.236 e. The van der Waals surface area contributed by atoms with Gasteiger partial charge in [-0.1, -0.05) is 89.1 Å². The first-order chi connectivity index (χ1) is 18.0. The van der Waals surface area contributed by atoms with Gasteiger partial charge in [-0.3, -0.25) is 9.36 Å². The number of aryl methyl sites for hydroxylation is 1. The second-order valence-corrected chi connectivity index (χ2v) is 11.1. The molecule has 0 unspecified atom stereocenters. The van der Waals surface area contributed by atoms with Crippen LogP contribution in [0.4, 0.5) is 5.13 Å². The fourth-order valence-electron chi connectivity index (χ4n) is 3.67. The highest BCUT2D eigenvalue weighted by Gasteiger charge is 2.18. The summed E-state index contributed by atoms with van der Waals surface area (Å²) in [6.07, 6.45) is 2.27. The van der Waals surface area contributed by atoms with E-state index in [0.717, 1.165) is 33.1 Å². The second kappa shape index (κ2) is 11.5. The largest absolute Gasteiger partial charge is 0.301 e. The molecular formula is C27H21Cl2N5OS2. The van der Waals surface area contributed by atoms with E-state index >= 15 is 0 Å². The Kier molecular flexibility index (Phi) is 7.90. The Morgan fingerprint density at radius 1 is 0.973 bits per heavy atom. The highest BCUT2D eigenvalue weighted by atomic mass is 35.5. The van der Waals surface area contributed by atoms with E-state index in [4.69, 9.17) is 23.2 Å². The second-order valence-electron chi connectivity index (χ2n) is 8.19. The van der Waals surface area contributed by atoms with Gasteiger partial charge in [-0.25, -0.2) is 4.98 Å². The standard InChI is InChI=1S/C27H21Cl2N5OS2/c1-17-10-12-19(13-11-17)34-25(18-6-3-2-4-7-18)32-33-27(34)36-16-24(35)31-26-30-15-20(37-26)14-21-22(28)8-5-9-23(21)29/h2-13,15H,14,16H2,1H3,(H,30,31,35). The van der Waals surface area contributed by atoms with Gasteiger partial charge < -0.3 is 5.32 Å². The van der Waals surface area contributed by atoms with Crippen molar-refractivity contribution >= 4 is 57.3 Å². The number of amides is 1. The van der Waals surface area contributed by atoms with Gasteiger partial charge in [-0.2, -0.15) is 0 Å². The first-order valence-electron chi connectivity index (χ1n) is 11.4. The lowest BCUT2D eigenvalue weighted by Gasteiger charge is -2.10. The van der Waals surface area contributed by atoms with Crippen molar-refractivity contribution in [2.45, 2.75) is 18.5 Å². The fourth-order valence-corrected chi connectivity index (χ4v) is 5.80. The van der Waals surface area contributed by atoms with Crippen LogP contribution >= 0.6 is 46.3 Å². The number of hydrogen-bond acceptors (Lipinski definition) is 6. The molecule has 0 spiro atoms. The molecule has 0 aliphatic rings. The number of rotatable bonds is 8. The molecule has 1 amide bonds. The molecule has 0 saturated carbocycles. The third kappa shape index (κ3) is 6.05. The van der Waals surface area contributed by atoms with E-state index < -0.39 is 0 Å². The van der Waals surface area contributed by atoms with Crippen LogP contribution in [0.1, 0.15) is 16.0 Å². The van der Waals surface area contributed by atoms with E-state index in [1.807, 2.05) is 84.3 Å². The zero-order valence-corrected chi connectivity index (χ0v) is 22.8. The molecule has 10 heteroatoms. The van der Waals surface area contributed by atoms with Crippen LogP contribution in [-0.2, 0) is 11.2 Å². The average molecular weight is 567 g/mol. The number of carbonyl (C=O) groups excluding carboxylic acids is 1. The topological polar surface area (TPSA) is 72.7 Å². The van der Waals surface area contributed by atoms with Crippen LogP contribution in [-0.4, -0.2) is 31.4 Å². The van der Waals surface area contributed by atoms with E-state index in [0.29, 0.717) is 26.8 Å². The number of nitrogens with one attached hydrogen (secondary N) is 1. The highest BCUT2D eigenvalue weighted by molar-refractivity contribution is 7.99. The molecule has 3 aromatic carbocycles. The third-order valence-corrected chi connectivity index (χ3v) is 8.05. The predicted molar refractivity (Wildman–Crippen MR) is 152 cm³/mol. The predicted octanol–water partition coefficient (Wildman–Crippen LogP) is 7.33. The number of thioether (sulfide) groups is 1. The number of aromatic nitrogens is 4. The number of halogens is 2. The van der Waals surface area contributed by atoms with Crippen molar-refractivity contribution in [3.8, 4) is 17.1 Å². The minimum absolute atomic E-state index is 0.157. The lowest BCUT2D eigenvalue weighted by Crippen LogP contribution is -2.14. The molecule has 0 radical (unpaired) electrons. The molecule has 2 aromatic heterocycles. The molecule has 0 saturated heterocycles. The van der Waals surface area contributed by atoms with Crippen LogP contribution < -0.4 is 5.32 Å². The normalized spacial score (nSPS) is 11.0. The van der Waals surface area contributed by atoms with E-state index in [1.165, 1.54) is 23.1 Å². The lowest BCUT2D eigenvalue weighted by molar-refractivity contribution is -0.113. The Morgan fingerprint density at radius 3 is 2.43 bits per heavy atom. The summed E-state index contributed by atoms with van der Waals surface area (Å²) in [4.78, 5) is 18.1. The Balaban J connectivity index is 1.29. The quantitative estimate of drug-likeness (QED) is 0.199. The summed E-state index contributed by atoms with van der Waals surface area (Å²) in [5.41, 5.74) is 3.87. The maximum Gasteiger partial charge on any atom is 0.236 e. The molecular weight excluding hydrogens is 545 g/mol. The van der Waals surface area contributed by atoms with Crippen molar-refractivity contribution in [3.63, 3.8) is 0 Å². The SMILES string of the molecule is Cc1ccc(-n2c(SCC(=O)Nc3ncc(Cc4c(Cl)cccc4Cl)s3)nnc2-c2ccccc2)cc1. The minimum Gasteiger partial charge on any atom is -0.301 e. The van der Waals surface area contributed by atoms with Crippen LogP contribution in [0, 0.1) is 6.92 Å². The molecule has 2 heterocycles. The number of thiazole rings is 1. The van der Waals surface area contributed by atoms with Crippen LogP contribution in [0.15, 0.2) is 84.1 Å². The van der Waals surface area contributed by atoms with Crippen molar-refractivity contribution < 1.29 is 4.79 Å². The van der Waals surface area contributed by atoms with Gasteiger partial charge in [0.05, 0.1) is 5.75 Å². The zero-order valence-electron chi connectivity index (χ0n) is 19.7. The molecule has 5 aromatic rings. The number of anilines is 1. The molecule has 0 fully saturated rings. The fraction of sp³-hybridized carbons (Fsp3) is 0.111. The van der Waals surface area contributed by atoms with Crippen LogP contribution in [0.3, 0.4) is 0 Å². The van der Waals surface area contributed by atoms with Gasteiger partial charge in [-0.05, 0) is 36.8 Å². The van der Waals surface area contributed by atoms with Crippen molar-refractivity contribution in [2.24, 2.45) is 0 Å². The van der Waals surface area contributed by atoms with Crippen molar-refractivity contribution in [1.82, 2.24) is 19.7 Å².